The summed E-state index contributed by atoms with van der Waals surface area (Å²) in [6, 6.07) is 11.8. The third-order valence-corrected chi connectivity index (χ3v) is 7.48. The van der Waals surface area contributed by atoms with E-state index in [1.54, 1.807) is 17.6 Å². The van der Waals surface area contributed by atoms with E-state index < -0.39 is 15.9 Å². The summed E-state index contributed by atoms with van der Waals surface area (Å²) in [5.74, 6) is -0.904. The smallest absolute Gasteiger partial charge is 0.308 e. The molecule has 2 aromatic carbocycles. The zero-order valence-electron chi connectivity index (χ0n) is 16.8. The quantitative estimate of drug-likeness (QED) is 0.413. The van der Waals surface area contributed by atoms with Crippen molar-refractivity contribution in [3.8, 4) is 0 Å². The van der Waals surface area contributed by atoms with Crippen molar-refractivity contribution in [1.82, 2.24) is 9.55 Å². The molecule has 2 heterocycles. The van der Waals surface area contributed by atoms with Gasteiger partial charge in [-0.05, 0) is 37.3 Å². The predicted octanol–water partition coefficient (Wildman–Crippen LogP) is 2.65. The van der Waals surface area contributed by atoms with Crippen molar-refractivity contribution in [2.75, 3.05) is 6.61 Å². The van der Waals surface area contributed by atoms with Crippen LogP contribution >= 0.6 is 22.7 Å². The number of esters is 1. The number of nitrogens with two attached hydrogens (primary N) is 1. The summed E-state index contributed by atoms with van der Waals surface area (Å²) in [5.41, 5.74) is 1.34. The molecular formula is C20H18N4O5S3. The lowest BCUT2D eigenvalue weighted by atomic mass is 10.3. The fraction of sp³-hybridized carbons (Fsp3) is 0.200. The minimum Gasteiger partial charge on any atom is -0.466 e. The van der Waals surface area contributed by atoms with Gasteiger partial charge in [-0.3, -0.25) is 9.59 Å². The van der Waals surface area contributed by atoms with E-state index in [1.165, 1.54) is 23.5 Å². The van der Waals surface area contributed by atoms with E-state index in [2.05, 4.69) is 9.98 Å². The molecule has 0 atom stereocenters. The van der Waals surface area contributed by atoms with Crippen molar-refractivity contribution in [3.63, 3.8) is 0 Å². The number of carbonyl (C=O) groups excluding carboxylic acids is 2. The molecule has 0 radical (unpaired) electrons. The molecule has 32 heavy (non-hydrogen) atoms. The number of sulfonamides is 1. The van der Waals surface area contributed by atoms with Crippen LogP contribution in [0.15, 0.2) is 52.4 Å². The highest BCUT2D eigenvalue weighted by Gasteiger charge is 2.16. The Morgan fingerprint density at radius 2 is 1.94 bits per heavy atom. The topological polar surface area (TPSA) is 134 Å². The van der Waals surface area contributed by atoms with Gasteiger partial charge in [0.1, 0.15) is 0 Å². The summed E-state index contributed by atoms with van der Waals surface area (Å²) in [4.78, 5) is 33.6. The van der Waals surface area contributed by atoms with Crippen molar-refractivity contribution in [2.24, 2.45) is 10.1 Å². The fourth-order valence-corrected chi connectivity index (χ4v) is 5.62. The number of aromatic nitrogens is 2. The Kier molecular flexibility index (Phi) is 6.20. The summed E-state index contributed by atoms with van der Waals surface area (Å²) in [7, 11) is -3.89. The highest BCUT2D eigenvalue weighted by Crippen LogP contribution is 2.24. The summed E-state index contributed by atoms with van der Waals surface area (Å²) >= 11 is 2.37. The third-order valence-electron chi connectivity index (χ3n) is 4.50. The van der Waals surface area contributed by atoms with Crippen molar-refractivity contribution >= 4 is 65.0 Å². The van der Waals surface area contributed by atoms with Gasteiger partial charge in [-0.15, -0.1) is 11.3 Å². The standard InChI is InChI=1S/C20H18N4O5S3/c1-2-29-17(25)9-10-24-14-8-7-12(32(21,27)28)11-16(14)31-20(24)23-18(26)19-22-13-5-3-4-6-15(13)30-19/h3-8,11H,2,9-10H2,1H3,(H2,21,27,28). The Balaban J connectivity index is 1.80. The molecule has 0 aliphatic rings. The van der Waals surface area contributed by atoms with Crippen LogP contribution in [0.1, 0.15) is 23.1 Å². The van der Waals surface area contributed by atoms with Crippen molar-refractivity contribution in [1.29, 1.82) is 0 Å². The zero-order valence-corrected chi connectivity index (χ0v) is 19.3. The molecule has 0 unspecified atom stereocenters. The highest BCUT2D eigenvalue weighted by molar-refractivity contribution is 7.89. The Bertz CT molecular complexity index is 1480. The summed E-state index contributed by atoms with van der Waals surface area (Å²) in [6.07, 6.45) is 0.0686. The lowest BCUT2D eigenvalue weighted by molar-refractivity contribution is -0.143. The van der Waals surface area contributed by atoms with E-state index in [-0.39, 0.29) is 35.4 Å². The van der Waals surface area contributed by atoms with Gasteiger partial charge in [0.15, 0.2) is 9.81 Å². The maximum atomic E-state index is 12.8. The number of benzene rings is 2. The van der Waals surface area contributed by atoms with Crippen molar-refractivity contribution in [2.45, 2.75) is 24.8 Å². The second-order valence-corrected chi connectivity index (χ2v) is 10.3. The van der Waals surface area contributed by atoms with Crippen molar-refractivity contribution < 1.29 is 22.7 Å². The number of primary sulfonamides is 1. The maximum absolute atomic E-state index is 12.8. The van der Waals surface area contributed by atoms with E-state index in [0.717, 1.165) is 16.0 Å². The summed E-state index contributed by atoms with van der Waals surface area (Å²) in [5, 5.41) is 5.48. The Morgan fingerprint density at radius 3 is 2.66 bits per heavy atom. The van der Waals surface area contributed by atoms with Crippen LogP contribution in [0.3, 0.4) is 0 Å². The Hall–Kier alpha value is -2.93. The van der Waals surface area contributed by atoms with Crippen LogP contribution in [0.2, 0.25) is 0 Å². The number of hydrogen-bond donors (Lipinski definition) is 1. The molecule has 9 nitrogen and oxygen atoms in total. The number of para-hydroxylation sites is 1. The minimum absolute atomic E-state index is 0.0483. The maximum Gasteiger partial charge on any atom is 0.308 e. The van der Waals surface area contributed by atoms with Crippen LogP contribution in [-0.4, -0.2) is 36.5 Å². The van der Waals surface area contributed by atoms with Crippen LogP contribution < -0.4 is 9.94 Å². The SMILES string of the molecule is CCOC(=O)CCn1c(=NC(=O)c2nc3ccccc3s2)sc2cc(S(N)(=O)=O)ccc21. The number of ether oxygens (including phenoxy) is 1. The minimum atomic E-state index is -3.89. The van der Waals surface area contributed by atoms with E-state index >= 15 is 0 Å². The molecule has 1 amide bonds. The van der Waals surface area contributed by atoms with Gasteiger partial charge in [-0.2, -0.15) is 4.99 Å². The molecule has 0 aliphatic heterocycles. The number of rotatable bonds is 6. The zero-order chi connectivity index (χ0) is 22.9. The molecular weight excluding hydrogens is 472 g/mol. The molecule has 0 bridgehead atoms. The molecule has 0 aliphatic carbocycles. The van der Waals surface area contributed by atoms with Crippen LogP contribution in [0.5, 0.6) is 0 Å². The molecule has 2 N–H and O–H groups in total. The first-order valence-electron chi connectivity index (χ1n) is 9.52. The second kappa shape index (κ2) is 8.90. The average Bonchev–Trinajstić information content (AvgIpc) is 3.32. The third kappa shape index (κ3) is 4.63. The first kappa shape index (κ1) is 22.3. The number of nitrogens with zero attached hydrogens (tertiary/aromatic N) is 3. The largest absolute Gasteiger partial charge is 0.466 e. The van der Waals surface area contributed by atoms with Gasteiger partial charge in [0.25, 0.3) is 0 Å². The van der Waals surface area contributed by atoms with Gasteiger partial charge in [-0.25, -0.2) is 18.5 Å². The van der Waals surface area contributed by atoms with Gasteiger partial charge < -0.3 is 9.30 Å². The number of aryl methyl sites for hydroxylation is 1. The molecule has 0 saturated carbocycles. The molecule has 0 fully saturated rings. The molecule has 4 rings (SSSR count). The fourth-order valence-electron chi connectivity index (χ4n) is 3.07. The highest BCUT2D eigenvalue weighted by atomic mass is 32.2. The van der Waals surface area contributed by atoms with Gasteiger partial charge >= 0.3 is 11.9 Å². The number of thiazole rings is 2. The van der Waals surface area contributed by atoms with Crippen LogP contribution in [0.25, 0.3) is 20.4 Å². The molecule has 0 saturated heterocycles. The van der Waals surface area contributed by atoms with Crippen LogP contribution in [-0.2, 0) is 26.1 Å². The Labute approximate surface area is 190 Å². The van der Waals surface area contributed by atoms with Crippen LogP contribution in [0, 0.1) is 0 Å². The summed E-state index contributed by atoms with van der Waals surface area (Å²) in [6.45, 7) is 2.19. The normalized spacial score (nSPS) is 12.5. The molecule has 12 heteroatoms. The number of hydrogen-bond acceptors (Lipinski definition) is 8. The van der Waals surface area contributed by atoms with Gasteiger partial charge in [-0.1, -0.05) is 23.5 Å². The first-order chi connectivity index (χ1) is 15.3. The lowest BCUT2D eigenvalue weighted by Crippen LogP contribution is -2.19. The van der Waals surface area contributed by atoms with E-state index in [1.807, 2.05) is 24.3 Å². The van der Waals surface area contributed by atoms with Gasteiger partial charge in [0.2, 0.25) is 10.0 Å². The van der Waals surface area contributed by atoms with Crippen molar-refractivity contribution in [3.05, 3.63) is 52.3 Å². The molecule has 0 spiro atoms. The predicted molar refractivity (Wildman–Crippen MR) is 122 cm³/mol. The molecule has 2 aromatic heterocycles. The Morgan fingerprint density at radius 1 is 1.16 bits per heavy atom. The number of amides is 1. The van der Waals surface area contributed by atoms with E-state index in [9.17, 15) is 18.0 Å². The van der Waals surface area contributed by atoms with E-state index in [0.29, 0.717) is 20.5 Å². The number of carbonyl (C=O) groups is 2. The molecule has 166 valence electrons. The van der Waals surface area contributed by atoms with E-state index in [4.69, 9.17) is 9.88 Å². The first-order valence-corrected chi connectivity index (χ1v) is 12.7. The van der Waals surface area contributed by atoms with Crippen LogP contribution in [0.4, 0.5) is 0 Å². The van der Waals surface area contributed by atoms with Gasteiger partial charge in [0, 0.05) is 6.54 Å². The monoisotopic (exact) mass is 490 g/mol. The average molecular weight is 491 g/mol. The second-order valence-electron chi connectivity index (χ2n) is 6.67. The van der Waals surface area contributed by atoms with Gasteiger partial charge in [0.05, 0.1) is 38.4 Å². The number of fused-ring (bicyclic) bond motifs is 2. The molecule has 4 aromatic rings. The summed E-state index contributed by atoms with van der Waals surface area (Å²) < 4.78 is 31.6. The lowest BCUT2D eigenvalue weighted by Gasteiger charge is -2.06.